The molecule has 0 atom stereocenters. The third kappa shape index (κ3) is 5.00. The van der Waals surface area contributed by atoms with Crippen molar-refractivity contribution in [2.24, 2.45) is 4.99 Å². The molecule has 2 N–H and O–H groups in total. The first kappa shape index (κ1) is 13.3. The van der Waals surface area contributed by atoms with Crippen molar-refractivity contribution in [2.45, 2.75) is 30.7 Å². The van der Waals surface area contributed by atoms with Gasteiger partial charge in [0.25, 0.3) is 0 Å². The Morgan fingerprint density at radius 2 is 2.11 bits per heavy atom. The Labute approximate surface area is 113 Å². The highest BCUT2D eigenvalue weighted by atomic mass is 32.2. The van der Waals surface area contributed by atoms with Gasteiger partial charge < -0.3 is 10.6 Å². The minimum absolute atomic E-state index is 0.657. The lowest BCUT2D eigenvalue weighted by Gasteiger charge is -2.09. The van der Waals surface area contributed by atoms with Gasteiger partial charge in [-0.25, -0.2) is 0 Å². The molecule has 0 aliphatic heterocycles. The van der Waals surface area contributed by atoms with Gasteiger partial charge in [0, 0.05) is 23.2 Å². The maximum absolute atomic E-state index is 4.58. The van der Waals surface area contributed by atoms with Crippen LogP contribution in [0.5, 0.6) is 0 Å². The van der Waals surface area contributed by atoms with Crippen molar-refractivity contribution in [3.05, 3.63) is 30.3 Å². The van der Waals surface area contributed by atoms with Crippen LogP contribution in [0, 0.1) is 0 Å². The summed E-state index contributed by atoms with van der Waals surface area (Å²) in [6.07, 6.45) is 2.56. The summed E-state index contributed by atoms with van der Waals surface area (Å²) >= 11 is 1.85. The Balaban J connectivity index is 1.70. The van der Waals surface area contributed by atoms with Crippen molar-refractivity contribution < 1.29 is 0 Å². The van der Waals surface area contributed by atoms with E-state index in [1.54, 1.807) is 0 Å². The van der Waals surface area contributed by atoms with Gasteiger partial charge in [-0.1, -0.05) is 18.2 Å². The zero-order valence-corrected chi connectivity index (χ0v) is 11.7. The molecule has 1 aliphatic carbocycles. The predicted octanol–water partition coefficient (Wildman–Crippen LogP) is 2.50. The van der Waals surface area contributed by atoms with Gasteiger partial charge in [-0.2, -0.15) is 0 Å². The fourth-order valence-electron chi connectivity index (χ4n) is 1.58. The van der Waals surface area contributed by atoms with E-state index in [0.717, 1.165) is 24.8 Å². The number of hydrogen-bond donors (Lipinski definition) is 2. The molecule has 3 nitrogen and oxygen atoms in total. The number of hydrogen-bond acceptors (Lipinski definition) is 2. The van der Waals surface area contributed by atoms with Crippen LogP contribution in [0.15, 0.2) is 40.2 Å². The van der Waals surface area contributed by atoms with E-state index >= 15 is 0 Å². The van der Waals surface area contributed by atoms with Crippen molar-refractivity contribution in [1.29, 1.82) is 0 Å². The van der Waals surface area contributed by atoms with Crippen LogP contribution in [0.3, 0.4) is 0 Å². The Morgan fingerprint density at radius 3 is 2.78 bits per heavy atom. The number of benzene rings is 1. The van der Waals surface area contributed by atoms with Gasteiger partial charge in [0.2, 0.25) is 0 Å². The molecule has 0 radical (unpaired) electrons. The molecule has 0 saturated heterocycles. The topological polar surface area (TPSA) is 36.4 Å². The van der Waals surface area contributed by atoms with E-state index in [0.29, 0.717) is 6.04 Å². The second kappa shape index (κ2) is 7.31. The maximum atomic E-state index is 4.58. The van der Waals surface area contributed by atoms with Crippen LogP contribution in [0.1, 0.15) is 19.8 Å². The van der Waals surface area contributed by atoms with Crippen LogP contribution >= 0.6 is 11.8 Å². The Hall–Kier alpha value is -1.16. The molecular formula is C14H21N3S. The average molecular weight is 263 g/mol. The van der Waals surface area contributed by atoms with Crippen molar-refractivity contribution in [1.82, 2.24) is 10.6 Å². The molecule has 0 heterocycles. The van der Waals surface area contributed by atoms with Gasteiger partial charge in [-0.15, -0.1) is 11.8 Å². The van der Waals surface area contributed by atoms with Crippen LogP contribution in [-0.4, -0.2) is 30.8 Å². The van der Waals surface area contributed by atoms with E-state index in [1.165, 1.54) is 17.7 Å². The Morgan fingerprint density at radius 1 is 1.33 bits per heavy atom. The van der Waals surface area contributed by atoms with E-state index in [1.807, 2.05) is 17.8 Å². The number of aliphatic imine (C=N–C) groups is 1. The van der Waals surface area contributed by atoms with Gasteiger partial charge in [-0.05, 0) is 31.9 Å². The van der Waals surface area contributed by atoms with Gasteiger partial charge in [0.05, 0.1) is 6.54 Å². The van der Waals surface area contributed by atoms with Crippen molar-refractivity contribution in [3.63, 3.8) is 0 Å². The lowest BCUT2D eigenvalue weighted by molar-refractivity contribution is 0.817. The van der Waals surface area contributed by atoms with Crippen molar-refractivity contribution >= 4 is 17.7 Å². The minimum atomic E-state index is 0.657. The molecule has 1 aromatic rings. The molecule has 0 amide bonds. The summed E-state index contributed by atoms with van der Waals surface area (Å²) in [6, 6.07) is 11.1. The summed E-state index contributed by atoms with van der Waals surface area (Å²) in [6.45, 7) is 3.87. The molecule has 0 aromatic heterocycles. The lowest BCUT2D eigenvalue weighted by Crippen LogP contribution is -2.38. The smallest absolute Gasteiger partial charge is 0.191 e. The van der Waals surface area contributed by atoms with Gasteiger partial charge in [0.1, 0.15) is 0 Å². The summed E-state index contributed by atoms with van der Waals surface area (Å²) in [5.74, 6) is 1.99. The molecule has 1 fully saturated rings. The fourth-order valence-corrected chi connectivity index (χ4v) is 2.35. The molecule has 98 valence electrons. The van der Waals surface area contributed by atoms with Crippen LogP contribution in [0.2, 0.25) is 0 Å². The van der Waals surface area contributed by atoms with Crippen LogP contribution < -0.4 is 10.6 Å². The number of guanidine groups is 1. The molecule has 1 aliphatic rings. The second-order valence-corrected chi connectivity index (χ2v) is 5.51. The summed E-state index contributed by atoms with van der Waals surface area (Å²) in [7, 11) is 0. The Kier molecular flexibility index (Phi) is 5.39. The highest BCUT2D eigenvalue weighted by Crippen LogP contribution is 2.18. The molecule has 18 heavy (non-hydrogen) atoms. The van der Waals surface area contributed by atoms with E-state index < -0.39 is 0 Å². The zero-order chi connectivity index (χ0) is 12.6. The molecule has 1 saturated carbocycles. The molecule has 4 heteroatoms. The molecule has 1 aromatic carbocycles. The molecule has 2 rings (SSSR count). The summed E-state index contributed by atoms with van der Waals surface area (Å²) in [5, 5.41) is 6.70. The lowest BCUT2D eigenvalue weighted by atomic mass is 10.4. The average Bonchev–Trinajstić information content (AvgIpc) is 3.20. The third-order valence-electron chi connectivity index (χ3n) is 2.64. The quantitative estimate of drug-likeness (QED) is 0.358. The predicted molar refractivity (Wildman–Crippen MR) is 79.3 cm³/mol. The van der Waals surface area contributed by atoms with E-state index in [4.69, 9.17) is 0 Å². The van der Waals surface area contributed by atoms with Crippen molar-refractivity contribution in [3.8, 4) is 0 Å². The van der Waals surface area contributed by atoms with Crippen LogP contribution in [-0.2, 0) is 0 Å². The number of nitrogens with one attached hydrogen (secondary N) is 2. The van der Waals surface area contributed by atoms with Crippen molar-refractivity contribution in [2.75, 3.05) is 18.8 Å². The molecule has 0 unspecified atom stereocenters. The first-order chi connectivity index (χ1) is 8.88. The monoisotopic (exact) mass is 263 g/mol. The first-order valence-electron chi connectivity index (χ1n) is 6.61. The largest absolute Gasteiger partial charge is 0.357 e. The number of rotatable bonds is 6. The highest BCUT2D eigenvalue weighted by molar-refractivity contribution is 7.99. The van der Waals surface area contributed by atoms with Crippen LogP contribution in [0.4, 0.5) is 0 Å². The maximum Gasteiger partial charge on any atom is 0.191 e. The van der Waals surface area contributed by atoms with E-state index in [9.17, 15) is 0 Å². The van der Waals surface area contributed by atoms with Crippen LogP contribution in [0.25, 0.3) is 0 Å². The first-order valence-corrected chi connectivity index (χ1v) is 7.59. The minimum Gasteiger partial charge on any atom is -0.357 e. The van der Waals surface area contributed by atoms with Gasteiger partial charge in [-0.3, -0.25) is 4.99 Å². The van der Waals surface area contributed by atoms with E-state index in [2.05, 4.69) is 46.8 Å². The summed E-state index contributed by atoms with van der Waals surface area (Å²) < 4.78 is 0. The SMILES string of the molecule is CCNC(=NCCSc1ccccc1)NC1CC1. The Bertz CT molecular complexity index is 374. The summed E-state index contributed by atoms with van der Waals surface area (Å²) in [4.78, 5) is 5.90. The van der Waals surface area contributed by atoms with Gasteiger partial charge >= 0.3 is 0 Å². The normalized spacial score (nSPS) is 15.5. The number of thioether (sulfide) groups is 1. The molecular weight excluding hydrogens is 242 g/mol. The molecule has 0 spiro atoms. The highest BCUT2D eigenvalue weighted by Gasteiger charge is 2.21. The molecule has 0 bridgehead atoms. The standard InChI is InChI=1S/C14H21N3S/c1-2-15-14(17-12-8-9-12)16-10-11-18-13-6-4-3-5-7-13/h3-7,12H,2,8-11H2,1H3,(H2,15,16,17). The third-order valence-corrected chi connectivity index (χ3v) is 3.63. The van der Waals surface area contributed by atoms with Gasteiger partial charge in [0.15, 0.2) is 5.96 Å². The fraction of sp³-hybridized carbons (Fsp3) is 0.500. The second-order valence-electron chi connectivity index (χ2n) is 4.34. The summed E-state index contributed by atoms with van der Waals surface area (Å²) in [5.41, 5.74) is 0. The van der Waals surface area contributed by atoms with E-state index in [-0.39, 0.29) is 0 Å². The number of nitrogens with zero attached hydrogens (tertiary/aromatic N) is 1. The zero-order valence-electron chi connectivity index (χ0n) is 10.9.